The molecule has 4 rings (SSSR count). The van der Waals surface area contributed by atoms with E-state index in [2.05, 4.69) is 27.8 Å². The van der Waals surface area contributed by atoms with Crippen LogP contribution < -0.4 is 20.1 Å². The van der Waals surface area contributed by atoms with Crippen LogP contribution in [0.4, 0.5) is 5.69 Å². The second-order valence-corrected chi connectivity index (χ2v) is 6.82. The molecule has 0 aliphatic carbocycles. The smallest absolute Gasteiger partial charge is 0.269 e. The maximum atomic E-state index is 12.2. The van der Waals surface area contributed by atoms with Gasteiger partial charge in [0.05, 0.1) is 11.9 Å². The fraction of sp³-hybridized carbons (Fsp3) is 0.217. The van der Waals surface area contributed by atoms with E-state index < -0.39 is 0 Å². The van der Waals surface area contributed by atoms with Gasteiger partial charge in [0.15, 0.2) is 11.5 Å². The maximum absolute atomic E-state index is 12.2. The zero-order valence-corrected chi connectivity index (χ0v) is 16.1. The standard InChI is InChI=1S/C23H23N3O3/c27-23(24-12-4-7-17-5-2-1-3-6-17)20-10-9-19(15-26-20)25-14-18-8-11-21-22(13-18)29-16-28-21/h1-3,5-6,8-11,13,15,25H,4,7,12,14,16H2,(H,24,27). The van der Waals surface area contributed by atoms with Crippen LogP contribution in [-0.2, 0) is 13.0 Å². The lowest BCUT2D eigenvalue weighted by atomic mass is 10.1. The summed E-state index contributed by atoms with van der Waals surface area (Å²) in [6, 6.07) is 19.7. The number of carbonyl (C=O) groups excluding carboxylic acids is 1. The van der Waals surface area contributed by atoms with Crippen molar-refractivity contribution in [3.63, 3.8) is 0 Å². The number of fused-ring (bicyclic) bond motifs is 1. The molecular weight excluding hydrogens is 366 g/mol. The summed E-state index contributed by atoms with van der Waals surface area (Å²) in [7, 11) is 0. The predicted molar refractivity (Wildman–Crippen MR) is 111 cm³/mol. The first-order valence-corrected chi connectivity index (χ1v) is 9.68. The zero-order valence-electron chi connectivity index (χ0n) is 16.1. The Labute approximate surface area is 169 Å². The van der Waals surface area contributed by atoms with Crippen molar-refractivity contribution in [1.82, 2.24) is 10.3 Å². The van der Waals surface area contributed by atoms with Gasteiger partial charge in [-0.3, -0.25) is 4.79 Å². The highest BCUT2D eigenvalue weighted by molar-refractivity contribution is 5.92. The first kappa shape index (κ1) is 18.8. The van der Waals surface area contributed by atoms with Gasteiger partial charge in [0.25, 0.3) is 5.91 Å². The summed E-state index contributed by atoms with van der Waals surface area (Å²) < 4.78 is 10.7. The van der Waals surface area contributed by atoms with Gasteiger partial charge in [-0.05, 0) is 48.2 Å². The number of nitrogens with zero attached hydrogens (tertiary/aromatic N) is 1. The second kappa shape index (κ2) is 9.10. The van der Waals surface area contributed by atoms with Gasteiger partial charge in [-0.15, -0.1) is 0 Å². The summed E-state index contributed by atoms with van der Waals surface area (Å²) in [5.74, 6) is 1.39. The minimum Gasteiger partial charge on any atom is -0.454 e. The lowest BCUT2D eigenvalue weighted by molar-refractivity contribution is 0.0948. The number of nitrogens with one attached hydrogen (secondary N) is 2. The Morgan fingerprint density at radius 1 is 0.966 bits per heavy atom. The topological polar surface area (TPSA) is 72.5 Å². The number of hydrogen-bond donors (Lipinski definition) is 2. The van der Waals surface area contributed by atoms with E-state index >= 15 is 0 Å². The van der Waals surface area contributed by atoms with Gasteiger partial charge < -0.3 is 20.1 Å². The molecule has 1 aliphatic heterocycles. The molecule has 0 saturated carbocycles. The molecule has 1 aliphatic rings. The number of hydrogen-bond acceptors (Lipinski definition) is 5. The van der Waals surface area contributed by atoms with Crippen molar-refractivity contribution in [2.75, 3.05) is 18.7 Å². The first-order chi connectivity index (χ1) is 14.3. The van der Waals surface area contributed by atoms with E-state index in [1.807, 2.05) is 42.5 Å². The lowest BCUT2D eigenvalue weighted by Gasteiger charge is -2.08. The number of pyridine rings is 1. The summed E-state index contributed by atoms with van der Waals surface area (Å²) in [6.45, 7) is 1.52. The van der Waals surface area contributed by atoms with E-state index in [4.69, 9.17) is 9.47 Å². The molecule has 3 aromatic rings. The predicted octanol–water partition coefficient (Wildman–Crippen LogP) is 3.79. The third-order valence-electron chi connectivity index (χ3n) is 4.70. The molecule has 2 aromatic carbocycles. The Hall–Kier alpha value is -3.54. The Morgan fingerprint density at radius 3 is 2.66 bits per heavy atom. The van der Waals surface area contributed by atoms with E-state index in [-0.39, 0.29) is 12.7 Å². The number of amides is 1. The molecule has 0 spiro atoms. The van der Waals surface area contributed by atoms with Gasteiger partial charge in [0.1, 0.15) is 5.69 Å². The second-order valence-electron chi connectivity index (χ2n) is 6.82. The van der Waals surface area contributed by atoms with Gasteiger partial charge >= 0.3 is 0 Å². The van der Waals surface area contributed by atoms with Crippen LogP contribution in [0.1, 0.15) is 28.0 Å². The van der Waals surface area contributed by atoms with E-state index in [1.165, 1.54) is 5.56 Å². The van der Waals surface area contributed by atoms with Crippen LogP contribution in [0.25, 0.3) is 0 Å². The molecule has 6 heteroatoms. The number of aromatic nitrogens is 1. The summed E-state index contributed by atoms with van der Waals surface area (Å²) in [6.07, 6.45) is 3.51. The zero-order chi connectivity index (χ0) is 19.9. The van der Waals surface area contributed by atoms with E-state index in [1.54, 1.807) is 12.3 Å². The lowest BCUT2D eigenvalue weighted by Crippen LogP contribution is -2.25. The number of aryl methyl sites for hydroxylation is 1. The SMILES string of the molecule is O=C(NCCCc1ccccc1)c1ccc(NCc2ccc3c(c2)OCO3)cn1. The van der Waals surface area contributed by atoms with Crippen LogP contribution in [0, 0.1) is 0 Å². The van der Waals surface area contributed by atoms with Crippen molar-refractivity contribution in [2.24, 2.45) is 0 Å². The quantitative estimate of drug-likeness (QED) is 0.574. The van der Waals surface area contributed by atoms with Crippen molar-refractivity contribution >= 4 is 11.6 Å². The van der Waals surface area contributed by atoms with Crippen molar-refractivity contribution in [1.29, 1.82) is 0 Å². The number of anilines is 1. The van der Waals surface area contributed by atoms with Gasteiger partial charge in [-0.1, -0.05) is 36.4 Å². The molecule has 0 bridgehead atoms. The summed E-state index contributed by atoms with van der Waals surface area (Å²) in [4.78, 5) is 16.5. The summed E-state index contributed by atoms with van der Waals surface area (Å²) in [5, 5.41) is 6.22. The number of benzene rings is 2. The molecule has 0 saturated heterocycles. The Bertz CT molecular complexity index is 959. The highest BCUT2D eigenvalue weighted by atomic mass is 16.7. The molecule has 6 nitrogen and oxygen atoms in total. The van der Waals surface area contributed by atoms with Gasteiger partial charge in [-0.25, -0.2) is 4.98 Å². The Kier molecular flexibility index (Phi) is 5.90. The highest BCUT2D eigenvalue weighted by Crippen LogP contribution is 2.32. The average molecular weight is 389 g/mol. The molecule has 1 aromatic heterocycles. The number of ether oxygens (including phenoxy) is 2. The monoisotopic (exact) mass is 389 g/mol. The molecule has 29 heavy (non-hydrogen) atoms. The normalized spacial score (nSPS) is 11.9. The van der Waals surface area contributed by atoms with Gasteiger partial charge in [0, 0.05) is 13.1 Å². The highest BCUT2D eigenvalue weighted by Gasteiger charge is 2.13. The Balaban J connectivity index is 1.22. The largest absolute Gasteiger partial charge is 0.454 e. The molecule has 0 atom stereocenters. The average Bonchev–Trinajstić information content (AvgIpc) is 3.24. The first-order valence-electron chi connectivity index (χ1n) is 9.68. The van der Waals surface area contributed by atoms with Crippen LogP contribution in [0.3, 0.4) is 0 Å². The molecule has 0 fully saturated rings. The fourth-order valence-corrected chi connectivity index (χ4v) is 3.12. The molecule has 148 valence electrons. The summed E-state index contributed by atoms with van der Waals surface area (Å²) in [5.41, 5.74) is 3.62. The van der Waals surface area contributed by atoms with E-state index in [9.17, 15) is 4.79 Å². The minimum atomic E-state index is -0.152. The van der Waals surface area contributed by atoms with Crippen LogP contribution in [0.15, 0.2) is 66.9 Å². The van der Waals surface area contributed by atoms with Gasteiger partial charge in [0.2, 0.25) is 6.79 Å². The van der Waals surface area contributed by atoms with Crippen molar-refractivity contribution in [2.45, 2.75) is 19.4 Å². The van der Waals surface area contributed by atoms with Crippen LogP contribution >= 0.6 is 0 Å². The molecule has 0 radical (unpaired) electrons. The van der Waals surface area contributed by atoms with Crippen LogP contribution in [-0.4, -0.2) is 24.2 Å². The summed E-state index contributed by atoms with van der Waals surface area (Å²) >= 11 is 0. The minimum absolute atomic E-state index is 0.152. The van der Waals surface area contributed by atoms with Crippen LogP contribution in [0.2, 0.25) is 0 Å². The number of carbonyl (C=O) groups is 1. The van der Waals surface area contributed by atoms with Crippen LogP contribution in [0.5, 0.6) is 11.5 Å². The fourth-order valence-electron chi connectivity index (χ4n) is 3.12. The molecule has 0 unspecified atom stereocenters. The maximum Gasteiger partial charge on any atom is 0.269 e. The van der Waals surface area contributed by atoms with Gasteiger partial charge in [-0.2, -0.15) is 0 Å². The molecular formula is C23H23N3O3. The molecule has 2 heterocycles. The molecule has 2 N–H and O–H groups in total. The van der Waals surface area contributed by atoms with E-state index in [0.717, 1.165) is 35.6 Å². The van der Waals surface area contributed by atoms with Crippen molar-refractivity contribution in [3.05, 3.63) is 83.7 Å². The van der Waals surface area contributed by atoms with Crippen molar-refractivity contribution < 1.29 is 14.3 Å². The number of rotatable bonds is 8. The molecule has 1 amide bonds. The third-order valence-corrected chi connectivity index (χ3v) is 4.70. The van der Waals surface area contributed by atoms with Crippen molar-refractivity contribution in [3.8, 4) is 11.5 Å². The third kappa shape index (κ3) is 5.04. The van der Waals surface area contributed by atoms with E-state index in [0.29, 0.717) is 18.8 Å². The Morgan fingerprint density at radius 2 is 1.83 bits per heavy atom.